The molecule has 2 heterocycles. The summed E-state index contributed by atoms with van der Waals surface area (Å²) in [6.45, 7) is 0. The number of hydrogen-bond acceptors (Lipinski definition) is 4. The molecule has 1 aliphatic heterocycles. The van der Waals surface area contributed by atoms with E-state index in [1.165, 1.54) is 48.7 Å². The van der Waals surface area contributed by atoms with Crippen molar-refractivity contribution in [2.24, 2.45) is 0 Å². The lowest BCUT2D eigenvalue weighted by molar-refractivity contribution is -0.123. The fraction of sp³-hybridized carbons (Fsp3) is 0.0952. The molecular formula is C21H15F2N3O3. The SMILES string of the molecule is O=C1CC(C(=O)Nc2ccc(Oc3ccc(F)cc3)nc2)c2ccc(F)cc2N1. The van der Waals surface area contributed by atoms with Gasteiger partial charge in [-0.3, -0.25) is 9.59 Å². The molecule has 0 aliphatic carbocycles. The van der Waals surface area contributed by atoms with Crippen LogP contribution in [-0.4, -0.2) is 16.8 Å². The minimum absolute atomic E-state index is 0.0380. The van der Waals surface area contributed by atoms with E-state index in [4.69, 9.17) is 4.74 Å². The molecule has 1 aliphatic rings. The lowest BCUT2D eigenvalue weighted by Crippen LogP contribution is -2.30. The third kappa shape index (κ3) is 4.21. The van der Waals surface area contributed by atoms with E-state index < -0.39 is 17.6 Å². The van der Waals surface area contributed by atoms with Crippen LogP contribution in [0.1, 0.15) is 17.9 Å². The van der Waals surface area contributed by atoms with Crippen LogP contribution in [-0.2, 0) is 9.59 Å². The molecule has 0 bridgehead atoms. The molecule has 1 unspecified atom stereocenters. The van der Waals surface area contributed by atoms with Gasteiger partial charge in [0.1, 0.15) is 17.4 Å². The molecule has 6 nitrogen and oxygen atoms in total. The van der Waals surface area contributed by atoms with Gasteiger partial charge in [0.05, 0.1) is 17.8 Å². The summed E-state index contributed by atoms with van der Waals surface area (Å²) in [7, 11) is 0. The predicted octanol–water partition coefficient (Wildman–Crippen LogP) is 4.22. The number of anilines is 2. The molecule has 2 aromatic carbocycles. The second-order valence-corrected chi connectivity index (χ2v) is 6.47. The number of carbonyl (C=O) groups excluding carboxylic acids is 2. The molecule has 29 heavy (non-hydrogen) atoms. The van der Waals surface area contributed by atoms with Crippen molar-refractivity contribution in [3.63, 3.8) is 0 Å². The summed E-state index contributed by atoms with van der Waals surface area (Å²) in [5, 5.41) is 5.28. The second kappa shape index (κ2) is 7.67. The number of rotatable bonds is 4. The normalized spacial score (nSPS) is 15.2. The zero-order chi connectivity index (χ0) is 20.4. The number of amides is 2. The number of benzene rings is 2. The number of nitrogens with one attached hydrogen (secondary N) is 2. The monoisotopic (exact) mass is 395 g/mol. The predicted molar refractivity (Wildman–Crippen MR) is 102 cm³/mol. The van der Waals surface area contributed by atoms with Crippen LogP contribution in [0.3, 0.4) is 0 Å². The Bertz CT molecular complexity index is 1070. The number of carbonyl (C=O) groups is 2. The zero-order valence-corrected chi connectivity index (χ0v) is 15.0. The highest BCUT2D eigenvalue weighted by atomic mass is 19.1. The first-order valence-electron chi connectivity index (χ1n) is 8.77. The third-order valence-electron chi connectivity index (χ3n) is 4.41. The molecule has 0 fully saturated rings. The highest BCUT2D eigenvalue weighted by Crippen LogP contribution is 2.33. The van der Waals surface area contributed by atoms with E-state index in [9.17, 15) is 18.4 Å². The van der Waals surface area contributed by atoms with E-state index in [0.717, 1.165) is 0 Å². The molecule has 0 saturated heterocycles. The maximum atomic E-state index is 13.4. The summed E-state index contributed by atoms with van der Waals surface area (Å²) in [6, 6.07) is 12.6. The Morgan fingerprint density at radius 3 is 2.55 bits per heavy atom. The minimum atomic E-state index is -0.741. The fourth-order valence-corrected chi connectivity index (χ4v) is 3.04. The Hall–Kier alpha value is -3.81. The zero-order valence-electron chi connectivity index (χ0n) is 15.0. The lowest BCUT2D eigenvalue weighted by atomic mass is 9.89. The molecule has 1 atom stereocenters. The number of fused-ring (bicyclic) bond motifs is 1. The minimum Gasteiger partial charge on any atom is -0.439 e. The van der Waals surface area contributed by atoms with E-state index in [0.29, 0.717) is 22.7 Å². The summed E-state index contributed by atoms with van der Waals surface area (Å²) < 4.78 is 31.9. The number of hydrogen-bond donors (Lipinski definition) is 2. The van der Waals surface area contributed by atoms with Gasteiger partial charge < -0.3 is 15.4 Å². The van der Waals surface area contributed by atoms with E-state index >= 15 is 0 Å². The van der Waals surface area contributed by atoms with Gasteiger partial charge in [-0.1, -0.05) is 6.07 Å². The molecule has 146 valence electrons. The first-order valence-corrected chi connectivity index (χ1v) is 8.77. The highest BCUT2D eigenvalue weighted by molar-refractivity contribution is 6.05. The quantitative estimate of drug-likeness (QED) is 0.693. The van der Waals surface area contributed by atoms with Crippen molar-refractivity contribution in [2.75, 3.05) is 10.6 Å². The van der Waals surface area contributed by atoms with Crippen molar-refractivity contribution in [1.29, 1.82) is 0 Å². The Morgan fingerprint density at radius 1 is 1.07 bits per heavy atom. The highest BCUT2D eigenvalue weighted by Gasteiger charge is 2.31. The van der Waals surface area contributed by atoms with E-state index in [2.05, 4.69) is 15.6 Å². The van der Waals surface area contributed by atoms with Gasteiger partial charge in [0.2, 0.25) is 17.7 Å². The fourth-order valence-electron chi connectivity index (χ4n) is 3.04. The molecule has 4 rings (SSSR count). The molecule has 8 heteroatoms. The number of pyridine rings is 1. The van der Waals surface area contributed by atoms with E-state index in [-0.39, 0.29) is 24.0 Å². The summed E-state index contributed by atoms with van der Waals surface area (Å²) in [4.78, 5) is 28.7. The molecule has 0 radical (unpaired) electrons. The van der Waals surface area contributed by atoms with Crippen molar-refractivity contribution in [3.8, 4) is 11.6 Å². The van der Waals surface area contributed by atoms with E-state index in [1.54, 1.807) is 12.1 Å². The van der Waals surface area contributed by atoms with Gasteiger partial charge in [-0.15, -0.1) is 0 Å². The number of nitrogens with zero attached hydrogens (tertiary/aromatic N) is 1. The summed E-state index contributed by atoms with van der Waals surface area (Å²) in [5.41, 5.74) is 1.26. The molecule has 1 aromatic heterocycles. The number of aromatic nitrogens is 1. The van der Waals surface area contributed by atoms with Gasteiger partial charge in [0.15, 0.2) is 0 Å². The van der Waals surface area contributed by atoms with Crippen LogP contribution in [0.2, 0.25) is 0 Å². The van der Waals surface area contributed by atoms with Crippen LogP contribution in [0.5, 0.6) is 11.6 Å². The number of ether oxygens (including phenoxy) is 1. The first-order chi connectivity index (χ1) is 14.0. The van der Waals surface area contributed by atoms with Crippen molar-refractivity contribution in [3.05, 3.63) is 78.0 Å². The van der Waals surface area contributed by atoms with Gasteiger partial charge in [0.25, 0.3) is 0 Å². The standard InChI is InChI=1S/C21H15F2N3O3/c22-12-1-5-15(6-2-12)29-20-8-4-14(11-24-20)25-21(28)17-10-19(27)26-18-9-13(23)3-7-16(17)18/h1-9,11,17H,10H2,(H,25,28)(H,26,27). The molecule has 0 saturated carbocycles. The summed E-state index contributed by atoms with van der Waals surface area (Å²) >= 11 is 0. The second-order valence-electron chi connectivity index (χ2n) is 6.47. The Morgan fingerprint density at radius 2 is 1.83 bits per heavy atom. The molecule has 3 aromatic rings. The van der Waals surface area contributed by atoms with Crippen molar-refractivity contribution >= 4 is 23.2 Å². The topological polar surface area (TPSA) is 80.3 Å². The Balaban J connectivity index is 1.46. The van der Waals surface area contributed by atoms with Crippen LogP contribution in [0.25, 0.3) is 0 Å². The van der Waals surface area contributed by atoms with E-state index in [1.807, 2.05) is 0 Å². The van der Waals surface area contributed by atoms with Crippen LogP contribution < -0.4 is 15.4 Å². The molecule has 2 N–H and O–H groups in total. The van der Waals surface area contributed by atoms with Crippen molar-refractivity contribution in [1.82, 2.24) is 4.98 Å². The average Bonchev–Trinajstić information content (AvgIpc) is 2.70. The molecular weight excluding hydrogens is 380 g/mol. The maximum Gasteiger partial charge on any atom is 0.232 e. The average molecular weight is 395 g/mol. The maximum absolute atomic E-state index is 13.4. The third-order valence-corrected chi connectivity index (χ3v) is 4.41. The smallest absolute Gasteiger partial charge is 0.232 e. The molecule has 2 amide bonds. The number of halogens is 2. The summed E-state index contributed by atoms with van der Waals surface area (Å²) in [5.74, 6) is -1.67. The van der Waals surface area contributed by atoms with Crippen molar-refractivity contribution < 1.29 is 23.1 Å². The largest absolute Gasteiger partial charge is 0.439 e. The van der Waals surface area contributed by atoms with Crippen LogP contribution in [0, 0.1) is 11.6 Å². The lowest BCUT2D eigenvalue weighted by Gasteiger charge is -2.24. The van der Waals surface area contributed by atoms with Crippen LogP contribution in [0.4, 0.5) is 20.2 Å². The van der Waals surface area contributed by atoms with Gasteiger partial charge in [0, 0.05) is 18.2 Å². The molecule has 0 spiro atoms. The van der Waals surface area contributed by atoms with Gasteiger partial charge in [-0.2, -0.15) is 0 Å². The Labute approximate surface area is 164 Å². The van der Waals surface area contributed by atoms with Gasteiger partial charge in [-0.05, 0) is 48.0 Å². The first kappa shape index (κ1) is 18.5. The van der Waals surface area contributed by atoms with Gasteiger partial charge >= 0.3 is 0 Å². The Kier molecular flexibility index (Phi) is 4.90. The van der Waals surface area contributed by atoms with Crippen LogP contribution in [0.15, 0.2) is 60.8 Å². The van der Waals surface area contributed by atoms with Crippen LogP contribution >= 0.6 is 0 Å². The summed E-state index contributed by atoms with van der Waals surface area (Å²) in [6.07, 6.45) is 1.37. The van der Waals surface area contributed by atoms with Crippen molar-refractivity contribution in [2.45, 2.75) is 12.3 Å². The van der Waals surface area contributed by atoms with Gasteiger partial charge in [-0.25, -0.2) is 13.8 Å².